The molecule has 1 aromatic heterocycles. The summed E-state index contributed by atoms with van der Waals surface area (Å²) >= 11 is 5.41. The highest BCUT2D eigenvalue weighted by Gasteiger charge is 2.02. The minimum Gasteiger partial charge on any atom is -0.449 e. The van der Waals surface area contributed by atoms with Crippen LogP contribution >= 0.6 is 38.5 Å². The molecule has 0 atom stereocenters. The molecule has 1 amide bonds. The molecule has 0 unspecified atom stereocenters. The quantitative estimate of drug-likeness (QED) is 0.457. The summed E-state index contributed by atoms with van der Waals surface area (Å²) < 4.78 is 7.04. The van der Waals surface area contributed by atoms with Crippen molar-refractivity contribution in [2.45, 2.75) is 6.42 Å². The second-order valence-electron chi connectivity index (χ2n) is 3.74. The van der Waals surface area contributed by atoms with Crippen LogP contribution in [0.15, 0.2) is 50.4 Å². The summed E-state index contributed by atoms with van der Waals surface area (Å²) in [4.78, 5) is 11.6. The van der Waals surface area contributed by atoms with Crippen molar-refractivity contribution in [2.24, 2.45) is 5.10 Å². The zero-order valence-corrected chi connectivity index (χ0v) is 13.5. The molecular formula is C13H10BrIN2O2. The molecule has 19 heavy (non-hydrogen) atoms. The third-order valence-electron chi connectivity index (χ3n) is 2.25. The molecule has 98 valence electrons. The van der Waals surface area contributed by atoms with E-state index in [0.29, 0.717) is 12.2 Å². The van der Waals surface area contributed by atoms with Crippen LogP contribution in [0.2, 0.25) is 0 Å². The van der Waals surface area contributed by atoms with Crippen LogP contribution in [0.4, 0.5) is 0 Å². The van der Waals surface area contributed by atoms with E-state index in [4.69, 9.17) is 4.42 Å². The van der Waals surface area contributed by atoms with Crippen molar-refractivity contribution in [1.29, 1.82) is 0 Å². The van der Waals surface area contributed by atoms with E-state index in [2.05, 4.69) is 49.0 Å². The van der Waals surface area contributed by atoms with Gasteiger partial charge in [-0.05, 0) is 52.4 Å². The molecule has 2 rings (SSSR count). The first kappa shape index (κ1) is 14.3. The Morgan fingerprint density at radius 3 is 2.68 bits per heavy atom. The molecule has 2 aromatic rings. The molecule has 1 aromatic carbocycles. The van der Waals surface area contributed by atoms with E-state index in [-0.39, 0.29) is 5.91 Å². The standard InChI is InChI=1S/C13H10BrIN2O2/c14-10-3-1-9(2-4-10)7-13(18)17-16-8-11-5-6-12(15)19-11/h1-6,8H,7H2,(H,17,18). The fourth-order valence-corrected chi connectivity index (χ4v) is 2.09. The fourth-order valence-electron chi connectivity index (χ4n) is 1.39. The lowest BCUT2D eigenvalue weighted by atomic mass is 10.1. The monoisotopic (exact) mass is 432 g/mol. The molecule has 0 aliphatic rings. The van der Waals surface area contributed by atoms with Crippen molar-refractivity contribution in [3.63, 3.8) is 0 Å². The maximum atomic E-state index is 11.6. The summed E-state index contributed by atoms with van der Waals surface area (Å²) in [5.41, 5.74) is 3.39. The zero-order chi connectivity index (χ0) is 13.7. The number of furan rings is 1. The van der Waals surface area contributed by atoms with E-state index >= 15 is 0 Å². The van der Waals surface area contributed by atoms with Gasteiger partial charge in [0.05, 0.1) is 12.6 Å². The predicted molar refractivity (Wildman–Crippen MR) is 85.0 cm³/mol. The first-order chi connectivity index (χ1) is 9.13. The highest BCUT2D eigenvalue weighted by molar-refractivity contribution is 14.1. The van der Waals surface area contributed by atoms with Crippen LogP contribution in [0.5, 0.6) is 0 Å². The van der Waals surface area contributed by atoms with E-state index < -0.39 is 0 Å². The molecule has 0 aliphatic heterocycles. The molecular weight excluding hydrogens is 423 g/mol. The highest BCUT2D eigenvalue weighted by atomic mass is 127. The lowest BCUT2D eigenvalue weighted by Gasteiger charge is -2.00. The van der Waals surface area contributed by atoms with E-state index in [0.717, 1.165) is 13.8 Å². The molecule has 0 aliphatic carbocycles. The third-order valence-corrected chi connectivity index (χ3v) is 3.36. The van der Waals surface area contributed by atoms with Crippen molar-refractivity contribution in [1.82, 2.24) is 5.43 Å². The van der Waals surface area contributed by atoms with Gasteiger partial charge >= 0.3 is 0 Å². The number of carbonyl (C=O) groups excluding carboxylic acids is 1. The minimum atomic E-state index is -0.167. The van der Waals surface area contributed by atoms with Crippen LogP contribution in [-0.2, 0) is 11.2 Å². The average molecular weight is 433 g/mol. The Kier molecular flexibility index (Phi) is 5.15. The summed E-state index contributed by atoms with van der Waals surface area (Å²) in [6, 6.07) is 11.2. The van der Waals surface area contributed by atoms with E-state index in [9.17, 15) is 4.79 Å². The predicted octanol–water partition coefficient (Wildman–Crippen LogP) is 3.34. The number of benzene rings is 1. The number of amides is 1. The summed E-state index contributed by atoms with van der Waals surface area (Å²) in [6.07, 6.45) is 1.77. The topological polar surface area (TPSA) is 54.6 Å². The van der Waals surface area contributed by atoms with E-state index in [1.54, 1.807) is 6.07 Å². The lowest BCUT2D eigenvalue weighted by Crippen LogP contribution is -2.19. The molecule has 6 heteroatoms. The Hall–Kier alpha value is -1.15. The molecule has 0 radical (unpaired) electrons. The van der Waals surface area contributed by atoms with Gasteiger partial charge in [-0.15, -0.1) is 0 Å². The average Bonchev–Trinajstić information content (AvgIpc) is 2.78. The van der Waals surface area contributed by atoms with E-state index in [1.165, 1.54) is 6.21 Å². The fraction of sp³-hybridized carbons (Fsp3) is 0.0769. The van der Waals surface area contributed by atoms with Gasteiger partial charge < -0.3 is 4.42 Å². The molecule has 0 fully saturated rings. The third kappa shape index (κ3) is 4.79. The first-order valence-electron chi connectivity index (χ1n) is 5.45. The van der Waals surface area contributed by atoms with Crippen molar-refractivity contribution >= 4 is 50.6 Å². The molecule has 1 N–H and O–H groups in total. The van der Waals surface area contributed by atoms with Crippen LogP contribution in [0.25, 0.3) is 0 Å². The number of carbonyl (C=O) groups is 1. The van der Waals surface area contributed by atoms with Gasteiger partial charge in [-0.3, -0.25) is 4.79 Å². The van der Waals surface area contributed by atoms with Crippen LogP contribution in [0.3, 0.4) is 0 Å². The number of hydrazone groups is 1. The Labute approximate surface area is 132 Å². The van der Waals surface area contributed by atoms with Crippen molar-refractivity contribution in [3.05, 3.63) is 56.0 Å². The SMILES string of the molecule is O=C(Cc1ccc(Br)cc1)NN=Cc1ccc(I)o1. The van der Waals surface area contributed by atoms with Gasteiger partial charge in [-0.25, -0.2) is 5.43 Å². The van der Waals surface area contributed by atoms with Gasteiger partial charge in [0.25, 0.3) is 0 Å². The molecule has 1 heterocycles. The molecule has 0 bridgehead atoms. The van der Waals surface area contributed by atoms with Crippen molar-refractivity contribution < 1.29 is 9.21 Å². The number of nitrogens with zero attached hydrogens (tertiary/aromatic N) is 1. The van der Waals surface area contributed by atoms with Gasteiger partial charge in [-0.1, -0.05) is 28.1 Å². The molecule has 4 nitrogen and oxygen atoms in total. The number of nitrogens with one attached hydrogen (secondary N) is 1. The summed E-state index contributed by atoms with van der Waals surface area (Å²) in [6.45, 7) is 0. The minimum absolute atomic E-state index is 0.167. The Bertz CT molecular complexity index is 593. The lowest BCUT2D eigenvalue weighted by molar-refractivity contribution is -0.120. The summed E-state index contributed by atoms with van der Waals surface area (Å²) in [5.74, 6) is 0.438. The summed E-state index contributed by atoms with van der Waals surface area (Å²) in [5, 5.41) is 3.84. The normalized spacial score (nSPS) is 10.8. The number of hydrogen-bond acceptors (Lipinski definition) is 3. The van der Waals surface area contributed by atoms with Gasteiger partial charge in [0, 0.05) is 4.47 Å². The van der Waals surface area contributed by atoms with Gasteiger partial charge in [0.15, 0.2) is 3.77 Å². The van der Waals surface area contributed by atoms with Crippen LogP contribution < -0.4 is 5.43 Å². The smallest absolute Gasteiger partial charge is 0.244 e. The van der Waals surface area contributed by atoms with Crippen LogP contribution in [0, 0.1) is 3.77 Å². The number of halogens is 2. The second-order valence-corrected chi connectivity index (χ2v) is 5.72. The number of hydrogen-bond donors (Lipinski definition) is 1. The maximum absolute atomic E-state index is 11.6. The Morgan fingerprint density at radius 2 is 2.05 bits per heavy atom. The largest absolute Gasteiger partial charge is 0.449 e. The van der Waals surface area contributed by atoms with Gasteiger partial charge in [0.1, 0.15) is 5.76 Å². The Balaban J connectivity index is 1.84. The van der Waals surface area contributed by atoms with Crippen molar-refractivity contribution in [3.8, 4) is 0 Å². The number of rotatable bonds is 4. The first-order valence-corrected chi connectivity index (χ1v) is 7.32. The second kappa shape index (κ2) is 6.85. The highest BCUT2D eigenvalue weighted by Crippen LogP contribution is 2.11. The van der Waals surface area contributed by atoms with Crippen LogP contribution in [0.1, 0.15) is 11.3 Å². The Morgan fingerprint density at radius 1 is 1.32 bits per heavy atom. The zero-order valence-electron chi connectivity index (χ0n) is 9.77. The van der Waals surface area contributed by atoms with E-state index in [1.807, 2.05) is 30.3 Å². The van der Waals surface area contributed by atoms with Gasteiger partial charge in [-0.2, -0.15) is 5.10 Å². The molecule has 0 saturated carbocycles. The van der Waals surface area contributed by atoms with Crippen molar-refractivity contribution in [2.75, 3.05) is 0 Å². The molecule has 0 spiro atoms. The van der Waals surface area contributed by atoms with Crippen LogP contribution in [-0.4, -0.2) is 12.1 Å². The maximum Gasteiger partial charge on any atom is 0.244 e. The summed E-state index contributed by atoms with van der Waals surface area (Å²) in [7, 11) is 0. The van der Waals surface area contributed by atoms with Gasteiger partial charge in [0.2, 0.25) is 5.91 Å². The molecule has 0 saturated heterocycles.